The van der Waals surface area contributed by atoms with E-state index in [0.29, 0.717) is 0 Å². The first-order chi connectivity index (χ1) is 9.11. The molecule has 19 heavy (non-hydrogen) atoms. The fraction of sp³-hybridized carbons (Fsp3) is 0.0714. The number of halogens is 3. The van der Waals surface area contributed by atoms with E-state index in [1.165, 1.54) is 24.3 Å². The molecule has 0 amide bonds. The molecular formula is C14H9ClF2N2. The van der Waals surface area contributed by atoms with E-state index in [9.17, 15) is 8.78 Å². The van der Waals surface area contributed by atoms with Gasteiger partial charge in [-0.2, -0.15) is 5.26 Å². The van der Waals surface area contributed by atoms with E-state index in [-0.39, 0.29) is 28.4 Å². The summed E-state index contributed by atoms with van der Waals surface area (Å²) in [6, 6.07) is 10.2. The molecule has 0 aromatic heterocycles. The van der Waals surface area contributed by atoms with Crippen molar-refractivity contribution in [1.82, 2.24) is 0 Å². The molecule has 0 unspecified atom stereocenters. The van der Waals surface area contributed by atoms with Crippen LogP contribution in [0.3, 0.4) is 0 Å². The number of nitriles is 1. The smallest absolute Gasteiger partial charge is 0.147 e. The maximum absolute atomic E-state index is 13.6. The molecule has 0 aliphatic carbocycles. The maximum atomic E-state index is 13.6. The SMILES string of the molecule is N#Cc1ccc(NCc2c(F)cccc2Cl)c(F)c1. The van der Waals surface area contributed by atoms with E-state index < -0.39 is 11.6 Å². The molecule has 0 bridgehead atoms. The van der Waals surface area contributed by atoms with Crippen LogP contribution in [0.25, 0.3) is 0 Å². The molecule has 0 saturated heterocycles. The van der Waals surface area contributed by atoms with Crippen LogP contribution in [0.15, 0.2) is 36.4 Å². The predicted octanol–water partition coefficient (Wildman–Crippen LogP) is 4.10. The fourth-order valence-corrected chi connectivity index (χ4v) is 1.84. The standard InChI is InChI=1S/C14H9ClF2N2/c15-11-2-1-3-12(16)10(11)8-19-14-5-4-9(7-18)6-13(14)17/h1-6,19H,8H2. The molecule has 5 heteroatoms. The molecule has 2 aromatic carbocycles. The Hall–Kier alpha value is -2.12. The molecule has 0 aliphatic rings. The predicted molar refractivity (Wildman–Crippen MR) is 69.9 cm³/mol. The van der Waals surface area contributed by atoms with Gasteiger partial charge >= 0.3 is 0 Å². The van der Waals surface area contributed by atoms with Gasteiger partial charge in [-0.15, -0.1) is 0 Å². The lowest BCUT2D eigenvalue weighted by molar-refractivity contribution is 0.610. The van der Waals surface area contributed by atoms with Gasteiger partial charge in [0.25, 0.3) is 0 Å². The molecule has 0 fully saturated rings. The minimum Gasteiger partial charge on any atom is -0.378 e. The van der Waals surface area contributed by atoms with Gasteiger partial charge in [0, 0.05) is 17.1 Å². The monoisotopic (exact) mass is 278 g/mol. The van der Waals surface area contributed by atoms with Gasteiger partial charge in [0.2, 0.25) is 0 Å². The second-order valence-corrected chi connectivity index (χ2v) is 4.27. The van der Waals surface area contributed by atoms with Crippen molar-refractivity contribution in [2.75, 3.05) is 5.32 Å². The van der Waals surface area contributed by atoms with E-state index in [1.807, 2.05) is 6.07 Å². The van der Waals surface area contributed by atoms with Gasteiger partial charge in [-0.3, -0.25) is 0 Å². The minimum atomic E-state index is -0.563. The molecular weight excluding hydrogens is 270 g/mol. The first kappa shape index (κ1) is 13.3. The highest BCUT2D eigenvalue weighted by molar-refractivity contribution is 6.31. The molecule has 2 rings (SSSR count). The van der Waals surface area contributed by atoms with Crippen molar-refractivity contribution in [2.24, 2.45) is 0 Å². The highest BCUT2D eigenvalue weighted by atomic mass is 35.5. The van der Waals surface area contributed by atoms with Gasteiger partial charge in [-0.1, -0.05) is 17.7 Å². The Bertz CT molecular complexity index is 630. The summed E-state index contributed by atoms with van der Waals surface area (Å²) in [6.07, 6.45) is 0. The zero-order chi connectivity index (χ0) is 13.8. The normalized spacial score (nSPS) is 10.0. The average molecular weight is 279 g/mol. The summed E-state index contributed by atoms with van der Waals surface area (Å²) >= 11 is 5.87. The second-order valence-electron chi connectivity index (χ2n) is 3.86. The summed E-state index contributed by atoms with van der Waals surface area (Å²) in [4.78, 5) is 0. The van der Waals surface area contributed by atoms with E-state index in [1.54, 1.807) is 6.07 Å². The Morgan fingerprint density at radius 2 is 1.95 bits per heavy atom. The molecule has 2 aromatic rings. The summed E-state index contributed by atoms with van der Waals surface area (Å²) in [6.45, 7) is 0.0638. The lowest BCUT2D eigenvalue weighted by atomic mass is 10.2. The molecule has 0 heterocycles. The molecule has 96 valence electrons. The van der Waals surface area contributed by atoms with Crippen LogP contribution in [-0.4, -0.2) is 0 Å². The van der Waals surface area contributed by atoms with Gasteiger partial charge in [-0.05, 0) is 30.3 Å². The van der Waals surface area contributed by atoms with Crippen LogP contribution in [0.1, 0.15) is 11.1 Å². The molecule has 2 nitrogen and oxygen atoms in total. The van der Waals surface area contributed by atoms with Crippen LogP contribution < -0.4 is 5.32 Å². The Balaban J connectivity index is 2.17. The maximum Gasteiger partial charge on any atom is 0.147 e. The molecule has 0 aliphatic heterocycles. The summed E-state index contributed by atoms with van der Waals surface area (Å²) in [5.41, 5.74) is 0.693. The number of benzene rings is 2. The van der Waals surface area contributed by atoms with Gasteiger partial charge in [0.1, 0.15) is 11.6 Å². The van der Waals surface area contributed by atoms with Crippen molar-refractivity contribution < 1.29 is 8.78 Å². The number of hydrogen-bond donors (Lipinski definition) is 1. The Labute approximate surface area is 114 Å². The number of hydrogen-bond acceptors (Lipinski definition) is 2. The number of nitrogens with one attached hydrogen (secondary N) is 1. The zero-order valence-corrected chi connectivity index (χ0v) is 10.5. The van der Waals surface area contributed by atoms with Crippen molar-refractivity contribution in [1.29, 1.82) is 5.26 Å². The number of nitrogens with zero attached hydrogens (tertiary/aromatic N) is 1. The first-order valence-electron chi connectivity index (χ1n) is 5.48. The Morgan fingerprint density at radius 1 is 1.16 bits per heavy atom. The van der Waals surface area contributed by atoms with Gasteiger partial charge in [0.05, 0.1) is 17.3 Å². The molecule has 0 atom stereocenters. The third-order valence-electron chi connectivity index (χ3n) is 2.62. The van der Waals surface area contributed by atoms with Crippen LogP contribution in [0.2, 0.25) is 5.02 Å². The third-order valence-corrected chi connectivity index (χ3v) is 2.97. The summed E-state index contributed by atoms with van der Waals surface area (Å²) in [5, 5.41) is 11.7. The Kier molecular flexibility index (Phi) is 3.98. The van der Waals surface area contributed by atoms with Crippen molar-refractivity contribution in [3.63, 3.8) is 0 Å². The summed E-state index contributed by atoms with van der Waals surface area (Å²) in [7, 11) is 0. The second kappa shape index (κ2) is 5.68. The highest BCUT2D eigenvalue weighted by Crippen LogP contribution is 2.22. The van der Waals surface area contributed by atoms with Crippen molar-refractivity contribution >= 4 is 17.3 Å². The van der Waals surface area contributed by atoms with Crippen molar-refractivity contribution in [2.45, 2.75) is 6.54 Å². The summed E-state index contributed by atoms with van der Waals surface area (Å²) in [5.74, 6) is -1.01. The first-order valence-corrected chi connectivity index (χ1v) is 5.86. The van der Waals surface area contributed by atoms with Gasteiger partial charge in [-0.25, -0.2) is 8.78 Å². The largest absolute Gasteiger partial charge is 0.378 e. The molecule has 0 saturated carbocycles. The van der Waals surface area contributed by atoms with Crippen molar-refractivity contribution in [3.8, 4) is 6.07 Å². The quantitative estimate of drug-likeness (QED) is 0.917. The van der Waals surface area contributed by atoms with Crippen molar-refractivity contribution in [3.05, 3.63) is 64.2 Å². The van der Waals surface area contributed by atoms with Crippen LogP contribution in [0.4, 0.5) is 14.5 Å². The van der Waals surface area contributed by atoms with Crippen LogP contribution in [0, 0.1) is 23.0 Å². The van der Waals surface area contributed by atoms with Crippen LogP contribution in [0.5, 0.6) is 0 Å². The van der Waals surface area contributed by atoms with Crippen LogP contribution >= 0.6 is 11.6 Å². The molecule has 1 N–H and O–H groups in total. The highest BCUT2D eigenvalue weighted by Gasteiger charge is 2.08. The topological polar surface area (TPSA) is 35.8 Å². The lowest BCUT2D eigenvalue weighted by Gasteiger charge is -2.10. The van der Waals surface area contributed by atoms with E-state index in [0.717, 1.165) is 6.07 Å². The summed E-state index contributed by atoms with van der Waals surface area (Å²) < 4.78 is 27.1. The molecule has 0 radical (unpaired) electrons. The average Bonchev–Trinajstić information content (AvgIpc) is 2.39. The van der Waals surface area contributed by atoms with Crippen LogP contribution in [-0.2, 0) is 6.54 Å². The number of anilines is 1. The van der Waals surface area contributed by atoms with Gasteiger partial charge in [0.15, 0.2) is 0 Å². The third kappa shape index (κ3) is 3.01. The van der Waals surface area contributed by atoms with E-state index >= 15 is 0 Å². The fourth-order valence-electron chi connectivity index (χ4n) is 1.61. The van der Waals surface area contributed by atoms with E-state index in [2.05, 4.69) is 5.32 Å². The lowest BCUT2D eigenvalue weighted by Crippen LogP contribution is -2.04. The van der Waals surface area contributed by atoms with E-state index in [4.69, 9.17) is 16.9 Å². The number of rotatable bonds is 3. The molecule has 0 spiro atoms. The minimum absolute atomic E-state index is 0.0638. The Morgan fingerprint density at radius 3 is 2.58 bits per heavy atom. The van der Waals surface area contributed by atoms with Gasteiger partial charge < -0.3 is 5.32 Å². The zero-order valence-electron chi connectivity index (χ0n) is 9.75.